The molecule has 0 saturated carbocycles. The Morgan fingerprint density at radius 1 is 1.29 bits per heavy atom. The first kappa shape index (κ1) is 11.4. The number of phenols is 1. The first-order chi connectivity index (χ1) is 6.84. The summed E-state index contributed by atoms with van der Waals surface area (Å²) >= 11 is 1.62. The summed E-state index contributed by atoms with van der Waals surface area (Å²) in [5.74, 6) is 1.24. The lowest BCUT2D eigenvalue weighted by molar-refractivity contribution is 0.151. The van der Waals surface area contributed by atoms with Crippen LogP contribution in [0.4, 0.5) is 0 Å². The van der Waals surface area contributed by atoms with Gasteiger partial charge < -0.3 is 9.84 Å². The molecule has 0 spiro atoms. The third-order valence-electron chi connectivity index (χ3n) is 1.70. The number of thioether (sulfide) groups is 1. The van der Waals surface area contributed by atoms with E-state index in [9.17, 15) is 5.11 Å². The molecular formula is C11H16O2S. The highest BCUT2D eigenvalue weighted by atomic mass is 32.2. The van der Waals surface area contributed by atoms with Gasteiger partial charge in [0, 0.05) is 17.3 Å². The second kappa shape index (κ2) is 6.74. The number of hydrogen-bond donors (Lipinski definition) is 1. The molecule has 0 atom stereocenters. The van der Waals surface area contributed by atoms with Crippen molar-refractivity contribution in [2.75, 3.05) is 19.0 Å². The summed E-state index contributed by atoms with van der Waals surface area (Å²) in [5.41, 5.74) is 0. The molecule has 0 amide bonds. The minimum Gasteiger partial charge on any atom is -0.507 e. The Hall–Kier alpha value is -0.670. The van der Waals surface area contributed by atoms with Gasteiger partial charge in [-0.3, -0.25) is 0 Å². The first-order valence-corrected chi connectivity index (χ1v) is 5.81. The summed E-state index contributed by atoms with van der Waals surface area (Å²) in [7, 11) is 0. The summed E-state index contributed by atoms with van der Waals surface area (Å²) in [6, 6.07) is 7.37. The molecule has 0 aromatic heterocycles. The summed E-state index contributed by atoms with van der Waals surface area (Å²) in [4.78, 5) is 0.924. The van der Waals surface area contributed by atoms with Gasteiger partial charge in [-0.25, -0.2) is 0 Å². The van der Waals surface area contributed by atoms with Gasteiger partial charge in [0.25, 0.3) is 0 Å². The van der Waals surface area contributed by atoms with Gasteiger partial charge in [-0.1, -0.05) is 19.1 Å². The summed E-state index contributed by atoms with van der Waals surface area (Å²) < 4.78 is 5.34. The molecule has 0 radical (unpaired) electrons. The molecule has 3 heteroatoms. The number of benzene rings is 1. The summed E-state index contributed by atoms with van der Waals surface area (Å²) in [6.45, 7) is 3.66. The molecule has 1 rings (SSSR count). The standard InChI is InChI=1S/C11H16O2S/c1-2-7-13-8-9-14-11-6-4-3-5-10(11)12/h3-6,12H,2,7-9H2,1H3. The molecule has 1 aromatic carbocycles. The van der Waals surface area contributed by atoms with E-state index < -0.39 is 0 Å². The average Bonchev–Trinajstić information content (AvgIpc) is 2.20. The molecule has 78 valence electrons. The number of hydrogen-bond acceptors (Lipinski definition) is 3. The highest BCUT2D eigenvalue weighted by molar-refractivity contribution is 7.99. The van der Waals surface area contributed by atoms with Gasteiger partial charge in [-0.2, -0.15) is 0 Å². The molecule has 0 fully saturated rings. The Morgan fingerprint density at radius 3 is 2.79 bits per heavy atom. The van der Waals surface area contributed by atoms with Crippen molar-refractivity contribution in [1.82, 2.24) is 0 Å². The predicted octanol–water partition coefficient (Wildman–Crippen LogP) is 2.91. The molecular weight excluding hydrogens is 196 g/mol. The predicted molar refractivity (Wildman–Crippen MR) is 59.9 cm³/mol. The maximum Gasteiger partial charge on any atom is 0.129 e. The van der Waals surface area contributed by atoms with Crippen LogP contribution < -0.4 is 0 Å². The number of phenolic OH excluding ortho intramolecular Hbond substituents is 1. The lowest BCUT2D eigenvalue weighted by atomic mass is 10.3. The van der Waals surface area contributed by atoms with Crippen LogP contribution in [-0.2, 0) is 4.74 Å². The minimum absolute atomic E-state index is 0.355. The Morgan fingerprint density at radius 2 is 2.07 bits per heavy atom. The van der Waals surface area contributed by atoms with Crippen molar-refractivity contribution in [3.63, 3.8) is 0 Å². The van der Waals surface area contributed by atoms with Gasteiger partial charge in [0.15, 0.2) is 0 Å². The topological polar surface area (TPSA) is 29.5 Å². The fraction of sp³-hybridized carbons (Fsp3) is 0.455. The number of rotatable bonds is 6. The Kier molecular flexibility index (Phi) is 5.49. The van der Waals surface area contributed by atoms with Gasteiger partial charge in [0.05, 0.1) is 6.61 Å². The molecule has 1 aromatic rings. The van der Waals surface area contributed by atoms with Gasteiger partial charge >= 0.3 is 0 Å². The van der Waals surface area contributed by atoms with E-state index in [-0.39, 0.29) is 0 Å². The Labute approximate surface area is 89.3 Å². The van der Waals surface area contributed by atoms with Crippen LogP contribution in [0.15, 0.2) is 29.2 Å². The van der Waals surface area contributed by atoms with E-state index in [1.165, 1.54) is 0 Å². The third kappa shape index (κ3) is 4.03. The van der Waals surface area contributed by atoms with Crippen LogP contribution in [0.25, 0.3) is 0 Å². The molecule has 0 unspecified atom stereocenters. The fourth-order valence-electron chi connectivity index (χ4n) is 1.04. The van der Waals surface area contributed by atoms with Crippen LogP contribution in [0.2, 0.25) is 0 Å². The quantitative estimate of drug-likeness (QED) is 0.581. The van der Waals surface area contributed by atoms with E-state index in [4.69, 9.17) is 4.74 Å². The Bertz CT molecular complexity index is 263. The molecule has 14 heavy (non-hydrogen) atoms. The van der Waals surface area contributed by atoms with Crippen LogP contribution in [0.5, 0.6) is 5.75 Å². The highest BCUT2D eigenvalue weighted by Crippen LogP contribution is 2.27. The first-order valence-electron chi connectivity index (χ1n) is 4.83. The van der Waals surface area contributed by atoms with Crippen molar-refractivity contribution in [3.8, 4) is 5.75 Å². The number of aromatic hydroxyl groups is 1. The van der Waals surface area contributed by atoms with Gasteiger partial charge in [-0.15, -0.1) is 11.8 Å². The molecule has 0 heterocycles. The average molecular weight is 212 g/mol. The van der Waals surface area contributed by atoms with E-state index in [1.54, 1.807) is 17.8 Å². The van der Waals surface area contributed by atoms with Crippen molar-refractivity contribution in [3.05, 3.63) is 24.3 Å². The highest BCUT2D eigenvalue weighted by Gasteiger charge is 1.99. The number of ether oxygens (including phenoxy) is 1. The van der Waals surface area contributed by atoms with E-state index in [0.717, 1.165) is 30.3 Å². The molecule has 0 saturated heterocycles. The second-order valence-corrected chi connectivity index (χ2v) is 4.07. The smallest absolute Gasteiger partial charge is 0.129 e. The van der Waals surface area contributed by atoms with Gasteiger partial charge in [-0.05, 0) is 18.6 Å². The maximum absolute atomic E-state index is 9.45. The molecule has 0 aliphatic rings. The van der Waals surface area contributed by atoms with Crippen LogP contribution in [0.3, 0.4) is 0 Å². The fourth-order valence-corrected chi connectivity index (χ4v) is 1.85. The molecule has 1 N–H and O–H groups in total. The zero-order valence-corrected chi connectivity index (χ0v) is 9.22. The van der Waals surface area contributed by atoms with E-state index in [0.29, 0.717) is 5.75 Å². The van der Waals surface area contributed by atoms with Crippen molar-refractivity contribution >= 4 is 11.8 Å². The maximum atomic E-state index is 9.45. The molecule has 0 bridgehead atoms. The lowest BCUT2D eigenvalue weighted by Crippen LogP contribution is -1.97. The van der Waals surface area contributed by atoms with E-state index >= 15 is 0 Å². The van der Waals surface area contributed by atoms with Crippen LogP contribution >= 0.6 is 11.8 Å². The summed E-state index contributed by atoms with van der Waals surface area (Å²) in [5, 5.41) is 9.45. The van der Waals surface area contributed by atoms with Crippen molar-refractivity contribution < 1.29 is 9.84 Å². The number of para-hydroxylation sites is 1. The van der Waals surface area contributed by atoms with Crippen molar-refractivity contribution in [1.29, 1.82) is 0 Å². The molecule has 0 aliphatic heterocycles. The Balaban J connectivity index is 2.21. The van der Waals surface area contributed by atoms with Crippen LogP contribution in [-0.4, -0.2) is 24.1 Å². The lowest BCUT2D eigenvalue weighted by Gasteiger charge is -2.04. The zero-order chi connectivity index (χ0) is 10.2. The van der Waals surface area contributed by atoms with Gasteiger partial charge in [0.1, 0.15) is 5.75 Å². The minimum atomic E-state index is 0.355. The largest absolute Gasteiger partial charge is 0.507 e. The zero-order valence-electron chi connectivity index (χ0n) is 8.40. The van der Waals surface area contributed by atoms with Crippen molar-refractivity contribution in [2.24, 2.45) is 0 Å². The van der Waals surface area contributed by atoms with Crippen LogP contribution in [0, 0.1) is 0 Å². The van der Waals surface area contributed by atoms with E-state index in [1.807, 2.05) is 18.2 Å². The third-order valence-corrected chi connectivity index (χ3v) is 2.73. The SMILES string of the molecule is CCCOCCSc1ccccc1O. The second-order valence-electron chi connectivity index (χ2n) is 2.93. The monoisotopic (exact) mass is 212 g/mol. The van der Waals surface area contributed by atoms with Gasteiger partial charge in [0.2, 0.25) is 0 Å². The summed E-state index contributed by atoms with van der Waals surface area (Å²) in [6.07, 6.45) is 1.06. The van der Waals surface area contributed by atoms with E-state index in [2.05, 4.69) is 6.92 Å². The normalized spacial score (nSPS) is 10.4. The molecule has 0 aliphatic carbocycles. The van der Waals surface area contributed by atoms with Crippen molar-refractivity contribution in [2.45, 2.75) is 18.2 Å². The molecule has 2 nitrogen and oxygen atoms in total. The van der Waals surface area contributed by atoms with Crippen LogP contribution in [0.1, 0.15) is 13.3 Å².